The number of carbonyl (C=O) groups is 3. The molecular formula is C29H31N3O4. The lowest BCUT2D eigenvalue weighted by Gasteiger charge is -2.21. The fraction of sp³-hybridized carbons (Fsp3) is 0.276. The van der Waals surface area contributed by atoms with E-state index >= 15 is 0 Å². The van der Waals surface area contributed by atoms with E-state index in [-0.39, 0.29) is 11.9 Å². The molecule has 0 bridgehead atoms. The van der Waals surface area contributed by atoms with Crippen molar-refractivity contribution in [1.29, 1.82) is 0 Å². The van der Waals surface area contributed by atoms with Crippen molar-refractivity contribution in [2.24, 2.45) is 0 Å². The van der Waals surface area contributed by atoms with Crippen LogP contribution < -0.4 is 10.6 Å². The van der Waals surface area contributed by atoms with Crippen LogP contribution in [-0.4, -0.2) is 40.5 Å². The number of hydrogen-bond acceptors (Lipinski definition) is 3. The molecule has 0 spiro atoms. The summed E-state index contributed by atoms with van der Waals surface area (Å²) in [6.07, 6.45) is 4.53. The van der Waals surface area contributed by atoms with Crippen LogP contribution in [0.25, 0.3) is 11.1 Å². The maximum atomic E-state index is 12.8. The number of likely N-dealkylation sites (tertiary alicyclic amines) is 1. The van der Waals surface area contributed by atoms with Crippen molar-refractivity contribution in [2.45, 2.75) is 45.1 Å². The van der Waals surface area contributed by atoms with E-state index in [1.165, 1.54) is 10.5 Å². The molecule has 1 saturated heterocycles. The summed E-state index contributed by atoms with van der Waals surface area (Å²) in [6.45, 7) is 2.63. The molecule has 7 nitrogen and oxygen atoms in total. The Labute approximate surface area is 211 Å². The molecule has 1 aliphatic rings. The summed E-state index contributed by atoms with van der Waals surface area (Å²) in [5.41, 5.74) is 4.99. The van der Waals surface area contributed by atoms with Crippen molar-refractivity contribution >= 4 is 29.3 Å². The van der Waals surface area contributed by atoms with Crippen molar-refractivity contribution in [3.8, 4) is 11.1 Å². The van der Waals surface area contributed by atoms with Crippen LogP contribution in [0.3, 0.4) is 0 Å². The molecule has 3 aromatic rings. The molecule has 1 fully saturated rings. The van der Waals surface area contributed by atoms with Crippen LogP contribution in [0.2, 0.25) is 0 Å². The summed E-state index contributed by atoms with van der Waals surface area (Å²) >= 11 is 0. The highest BCUT2D eigenvalue weighted by atomic mass is 16.4. The lowest BCUT2D eigenvalue weighted by molar-refractivity contribution is -0.141. The summed E-state index contributed by atoms with van der Waals surface area (Å²) in [7, 11) is 0. The minimum atomic E-state index is -0.958. The Morgan fingerprint density at radius 2 is 1.42 bits per heavy atom. The zero-order valence-corrected chi connectivity index (χ0v) is 20.4. The number of urea groups is 1. The van der Waals surface area contributed by atoms with Gasteiger partial charge in [0.1, 0.15) is 6.04 Å². The van der Waals surface area contributed by atoms with Gasteiger partial charge in [-0.1, -0.05) is 49.7 Å². The van der Waals surface area contributed by atoms with E-state index in [4.69, 9.17) is 0 Å². The van der Waals surface area contributed by atoms with Gasteiger partial charge in [-0.25, -0.2) is 9.59 Å². The second-order valence-electron chi connectivity index (χ2n) is 9.03. The van der Waals surface area contributed by atoms with E-state index in [2.05, 4.69) is 17.6 Å². The normalized spacial score (nSPS) is 14.9. The third-order valence-electron chi connectivity index (χ3n) is 6.44. The standard InChI is InChI=1S/C29H31N3O4/c1-2-3-5-20-7-15-24(16-8-20)30-29(36)31-25-17-13-22(14-18-25)21-9-11-23(12-10-21)27(33)32-19-4-6-26(32)28(34)35/h7-18,26H,2-6,19H2,1H3,(H,34,35)(H2,30,31,36)/t26-/m1/s1. The second kappa shape index (κ2) is 11.5. The van der Waals surface area contributed by atoms with E-state index in [0.29, 0.717) is 30.6 Å². The van der Waals surface area contributed by atoms with Gasteiger partial charge in [0.25, 0.3) is 5.91 Å². The molecule has 1 heterocycles. The molecule has 0 aromatic heterocycles. The number of hydrogen-bond donors (Lipinski definition) is 3. The Bertz CT molecular complexity index is 1200. The molecule has 4 rings (SSSR count). The van der Waals surface area contributed by atoms with E-state index < -0.39 is 12.0 Å². The molecule has 7 heteroatoms. The molecule has 0 saturated carbocycles. The smallest absolute Gasteiger partial charge is 0.326 e. The zero-order chi connectivity index (χ0) is 25.5. The van der Waals surface area contributed by atoms with Crippen LogP contribution >= 0.6 is 0 Å². The summed E-state index contributed by atoms with van der Waals surface area (Å²) in [5, 5.41) is 15.0. The van der Waals surface area contributed by atoms with Gasteiger partial charge >= 0.3 is 12.0 Å². The number of unbranched alkanes of at least 4 members (excludes halogenated alkanes) is 1. The number of nitrogens with one attached hydrogen (secondary N) is 2. The molecule has 0 radical (unpaired) electrons. The molecule has 3 amide bonds. The lowest BCUT2D eigenvalue weighted by atomic mass is 10.0. The number of aryl methyl sites for hydroxylation is 1. The zero-order valence-electron chi connectivity index (χ0n) is 20.4. The Kier molecular flexibility index (Phi) is 8.00. The first kappa shape index (κ1) is 25.0. The highest BCUT2D eigenvalue weighted by molar-refractivity contribution is 6.00. The van der Waals surface area contributed by atoms with Crippen LogP contribution in [0.4, 0.5) is 16.2 Å². The van der Waals surface area contributed by atoms with Gasteiger partial charge < -0.3 is 20.6 Å². The first-order chi connectivity index (χ1) is 17.4. The number of amides is 3. The van der Waals surface area contributed by atoms with Crippen LogP contribution in [-0.2, 0) is 11.2 Å². The van der Waals surface area contributed by atoms with Crippen molar-refractivity contribution < 1.29 is 19.5 Å². The molecule has 1 aliphatic heterocycles. The summed E-state index contributed by atoms with van der Waals surface area (Å²) in [6, 6.07) is 21.4. The minimum Gasteiger partial charge on any atom is -0.480 e. The monoisotopic (exact) mass is 485 g/mol. The van der Waals surface area contributed by atoms with E-state index in [1.807, 2.05) is 60.7 Å². The number of carboxylic acids is 1. The highest BCUT2D eigenvalue weighted by Gasteiger charge is 2.34. The number of carbonyl (C=O) groups excluding carboxylic acids is 2. The maximum Gasteiger partial charge on any atom is 0.326 e. The van der Waals surface area contributed by atoms with Crippen LogP contribution in [0.1, 0.15) is 48.5 Å². The fourth-order valence-corrected chi connectivity index (χ4v) is 4.41. The van der Waals surface area contributed by atoms with E-state index in [0.717, 1.165) is 36.1 Å². The number of benzene rings is 3. The fourth-order valence-electron chi connectivity index (χ4n) is 4.41. The number of aliphatic carboxylic acids is 1. The van der Waals surface area contributed by atoms with E-state index in [9.17, 15) is 19.5 Å². The molecule has 186 valence electrons. The second-order valence-corrected chi connectivity index (χ2v) is 9.03. The van der Waals surface area contributed by atoms with Crippen LogP contribution in [0.5, 0.6) is 0 Å². The molecule has 0 unspecified atom stereocenters. The van der Waals surface area contributed by atoms with Gasteiger partial charge in [-0.3, -0.25) is 4.79 Å². The van der Waals surface area contributed by atoms with Gasteiger partial charge in [-0.05, 0) is 78.8 Å². The van der Waals surface area contributed by atoms with Gasteiger partial charge in [-0.15, -0.1) is 0 Å². The van der Waals surface area contributed by atoms with Crippen molar-refractivity contribution in [3.05, 3.63) is 83.9 Å². The molecule has 3 N–H and O–H groups in total. The topological polar surface area (TPSA) is 98.7 Å². The molecule has 36 heavy (non-hydrogen) atoms. The minimum absolute atomic E-state index is 0.257. The molecular weight excluding hydrogens is 454 g/mol. The van der Waals surface area contributed by atoms with Gasteiger partial charge in [0.15, 0.2) is 0 Å². The van der Waals surface area contributed by atoms with Gasteiger partial charge in [0, 0.05) is 23.5 Å². The molecule has 3 aromatic carbocycles. The Hall–Kier alpha value is -4.13. The summed E-state index contributed by atoms with van der Waals surface area (Å²) < 4.78 is 0. The Balaban J connectivity index is 1.33. The predicted octanol–water partition coefficient (Wildman–Crippen LogP) is 6.03. The number of rotatable bonds is 8. The number of nitrogens with zero attached hydrogens (tertiary/aromatic N) is 1. The van der Waals surface area contributed by atoms with Gasteiger partial charge in [-0.2, -0.15) is 0 Å². The average molecular weight is 486 g/mol. The quantitative estimate of drug-likeness (QED) is 0.363. The highest BCUT2D eigenvalue weighted by Crippen LogP contribution is 2.25. The predicted molar refractivity (Wildman–Crippen MR) is 141 cm³/mol. The third-order valence-corrected chi connectivity index (χ3v) is 6.44. The Morgan fingerprint density at radius 3 is 1.97 bits per heavy atom. The first-order valence-corrected chi connectivity index (χ1v) is 12.4. The van der Waals surface area contributed by atoms with Crippen molar-refractivity contribution in [2.75, 3.05) is 17.2 Å². The lowest BCUT2D eigenvalue weighted by Crippen LogP contribution is -2.40. The molecule has 0 aliphatic carbocycles. The first-order valence-electron chi connectivity index (χ1n) is 12.4. The number of anilines is 2. The largest absolute Gasteiger partial charge is 0.480 e. The van der Waals surface area contributed by atoms with Crippen molar-refractivity contribution in [1.82, 2.24) is 4.90 Å². The number of carboxylic acid groups (broad SMARTS) is 1. The van der Waals surface area contributed by atoms with Crippen LogP contribution in [0.15, 0.2) is 72.8 Å². The summed E-state index contributed by atoms with van der Waals surface area (Å²) in [4.78, 5) is 38.0. The van der Waals surface area contributed by atoms with E-state index in [1.54, 1.807) is 12.1 Å². The van der Waals surface area contributed by atoms with Crippen LogP contribution in [0, 0.1) is 0 Å². The summed E-state index contributed by atoms with van der Waals surface area (Å²) in [5.74, 6) is -1.22. The SMILES string of the molecule is CCCCc1ccc(NC(=O)Nc2ccc(-c3ccc(C(=O)N4CCC[C@@H]4C(=O)O)cc3)cc2)cc1. The van der Waals surface area contributed by atoms with Gasteiger partial charge in [0.2, 0.25) is 0 Å². The molecule has 1 atom stereocenters. The van der Waals surface area contributed by atoms with Gasteiger partial charge in [0.05, 0.1) is 0 Å². The van der Waals surface area contributed by atoms with Crippen molar-refractivity contribution in [3.63, 3.8) is 0 Å². The Morgan fingerprint density at radius 1 is 0.861 bits per heavy atom. The average Bonchev–Trinajstić information content (AvgIpc) is 3.39. The third kappa shape index (κ3) is 6.10. The maximum absolute atomic E-state index is 12.8.